The van der Waals surface area contributed by atoms with Gasteiger partial charge < -0.3 is 0 Å². The molecule has 0 amide bonds. The molecule has 13 heavy (non-hydrogen) atoms. The molecule has 0 aliphatic heterocycles. The van der Waals surface area contributed by atoms with Crippen molar-refractivity contribution in [1.82, 2.24) is 9.97 Å². The normalized spacial score (nSPS) is 17.2. The van der Waals surface area contributed by atoms with Crippen molar-refractivity contribution in [2.75, 3.05) is 0 Å². The molecule has 0 spiro atoms. The van der Waals surface area contributed by atoms with Crippen LogP contribution >= 0.6 is 11.6 Å². The first-order valence-corrected chi connectivity index (χ1v) is 5.07. The van der Waals surface area contributed by atoms with Crippen molar-refractivity contribution in [3.63, 3.8) is 0 Å². The number of hydrogen-bond acceptors (Lipinski definition) is 2. The van der Waals surface area contributed by atoms with Crippen LogP contribution in [-0.2, 0) is 0 Å². The van der Waals surface area contributed by atoms with E-state index in [1.165, 1.54) is 30.5 Å². The van der Waals surface area contributed by atoms with Crippen LogP contribution < -0.4 is 0 Å². The Labute approximate surface area is 83.4 Å². The summed E-state index contributed by atoms with van der Waals surface area (Å²) in [5.74, 6) is 0.638. The van der Waals surface area contributed by atoms with E-state index in [0.717, 1.165) is 5.69 Å². The average Bonchev–Trinajstić information content (AvgIpc) is 1.95. The van der Waals surface area contributed by atoms with Gasteiger partial charge in [0.15, 0.2) is 0 Å². The fourth-order valence-electron chi connectivity index (χ4n) is 1.69. The van der Waals surface area contributed by atoms with Crippen LogP contribution in [0.25, 0.3) is 0 Å². The summed E-state index contributed by atoms with van der Waals surface area (Å²) in [7, 11) is 0. The van der Waals surface area contributed by atoms with Crippen LogP contribution in [0.5, 0.6) is 0 Å². The van der Waals surface area contributed by atoms with Crippen molar-refractivity contribution >= 4 is 11.6 Å². The minimum atomic E-state index is 0.394. The third kappa shape index (κ3) is 1.55. The molecule has 1 aliphatic carbocycles. The van der Waals surface area contributed by atoms with Gasteiger partial charge in [-0.1, -0.05) is 6.42 Å². The van der Waals surface area contributed by atoms with Gasteiger partial charge in [0.1, 0.15) is 0 Å². The van der Waals surface area contributed by atoms with E-state index in [1.807, 2.05) is 6.92 Å². The monoisotopic (exact) mass is 196 g/mol. The third-order valence-electron chi connectivity index (χ3n) is 2.89. The van der Waals surface area contributed by atoms with E-state index in [9.17, 15) is 0 Å². The Balaban J connectivity index is 2.42. The van der Waals surface area contributed by atoms with E-state index in [-0.39, 0.29) is 0 Å². The maximum atomic E-state index is 5.83. The number of nitrogens with zero attached hydrogens (tertiary/aromatic N) is 2. The van der Waals surface area contributed by atoms with Gasteiger partial charge in [0.2, 0.25) is 5.28 Å². The van der Waals surface area contributed by atoms with Crippen molar-refractivity contribution in [2.24, 2.45) is 0 Å². The van der Waals surface area contributed by atoms with Crippen molar-refractivity contribution < 1.29 is 0 Å². The minimum Gasteiger partial charge on any atom is -0.223 e. The first-order valence-electron chi connectivity index (χ1n) is 4.69. The summed E-state index contributed by atoms with van der Waals surface area (Å²) in [5.41, 5.74) is 3.40. The highest BCUT2D eigenvalue weighted by atomic mass is 35.5. The second-order valence-corrected chi connectivity index (χ2v) is 4.05. The van der Waals surface area contributed by atoms with E-state index < -0.39 is 0 Å². The topological polar surface area (TPSA) is 25.8 Å². The first-order chi connectivity index (χ1) is 6.18. The highest BCUT2D eigenvalue weighted by Crippen LogP contribution is 2.37. The van der Waals surface area contributed by atoms with Crippen molar-refractivity contribution in [1.29, 1.82) is 0 Å². The Hall–Kier alpha value is -0.630. The molecular formula is C10H13ClN2. The predicted molar refractivity (Wildman–Crippen MR) is 53.1 cm³/mol. The highest BCUT2D eigenvalue weighted by molar-refractivity contribution is 6.28. The lowest BCUT2D eigenvalue weighted by Gasteiger charge is -2.26. The fraction of sp³-hybridized carbons (Fsp3) is 0.600. The Morgan fingerprint density at radius 3 is 2.46 bits per heavy atom. The number of hydrogen-bond donors (Lipinski definition) is 0. The van der Waals surface area contributed by atoms with Crippen LogP contribution in [0.2, 0.25) is 5.28 Å². The van der Waals surface area contributed by atoms with Gasteiger partial charge in [-0.15, -0.1) is 0 Å². The van der Waals surface area contributed by atoms with E-state index in [0.29, 0.717) is 11.2 Å². The third-order valence-corrected chi connectivity index (χ3v) is 3.06. The molecule has 3 heteroatoms. The standard InChI is InChI=1S/C10H13ClN2/c1-6-7(2)12-10(11)13-9(6)8-4-3-5-8/h8H,3-5H2,1-2H3. The molecule has 0 radical (unpaired) electrons. The summed E-state index contributed by atoms with van der Waals surface area (Å²) in [6.45, 7) is 4.07. The maximum absolute atomic E-state index is 5.83. The zero-order valence-corrected chi connectivity index (χ0v) is 8.73. The molecule has 0 saturated heterocycles. The number of rotatable bonds is 1. The smallest absolute Gasteiger partial charge is 0.222 e. The van der Waals surface area contributed by atoms with E-state index in [1.54, 1.807) is 0 Å². The van der Waals surface area contributed by atoms with Crippen LogP contribution in [0.3, 0.4) is 0 Å². The largest absolute Gasteiger partial charge is 0.223 e. The molecule has 1 aliphatic rings. The van der Waals surface area contributed by atoms with Gasteiger partial charge in [0.05, 0.1) is 5.69 Å². The van der Waals surface area contributed by atoms with Gasteiger partial charge in [-0.3, -0.25) is 0 Å². The lowest BCUT2D eigenvalue weighted by atomic mass is 9.81. The van der Waals surface area contributed by atoms with Crippen LogP contribution in [0.15, 0.2) is 0 Å². The summed E-state index contributed by atoms with van der Waals surface area (Å²) in [5, 5.41) is 0.394. The molecule has 1 heterocycles. The Morgan fingerprint density at radius 2 is 1.92 bits per heavy atom. The van der Waals surface area contributed by atoms with Gasteiger partial charge in [-0.25, -0.2) is 9.97 Å². The van der Waals surface area contributed by atoms with Crippen molar-refractivity contribution in [3.8, 4) is 0 Å². The molecule has 0 aromatic carbocycles. The number of halogens is 1. The molecule has 70 valence electrons. The summed E-state index contributed by atoms with van der Waals surface area (Å²) >= 11 is 5.83. The average molecular weight is 197 g/mol. The second kappa shape index (κ2) is 3.26. The van der Waals surface area contributed by atoms with Crippen LogP contribution in [0.4, 0.5) is 0 Å². The zero-order chi connectivity index (χ0) is 9.42. The molecule has 2 nitrogen and oxygen atoms in total. The Kier molecular flexibility index (Phi) is 2.24. The molecule has 1 aromatic rings. The molecule has 2 rings (SSSR count). The lowest BCUT2D eigenvalue weighted by molar-refractivity contribution is 0.408. The molecule has 0 unspecified atom stereocenters. The summed E-state index contributed by atoms with van der Waals surface area (Å²) in [6.07, 6.45) is 3.84. The highest BCUT2D eigenvalue weighted by Gasteiger charge is 2.23. The quantitative estimate of drug-likeness (QED) is 0.646. The SMILES string of the molecule is Cc1nc(Cl)nc(C2CCC2)c1C. The molecular weight excluding hydrogens is 184 g/mol. The number of aryl methyl sites for hydroxylation is 1. The zero-order valence-electron chi connectivity index (χ0n) is 7.97. The lowest BCUT2D eigenvalue weighted by Crippen LogP contribution is -2.13. The van der Waals surface area contributed by atoms with E-state index >= 15 is 0 Å². The number of aromatic nitrogens is 2. The molecule has 0 N–H and O–H groups in total. The molecule has 0 atom stereocenters. The summed E-state index contributed by atoms with van der Waals surface area (Å²) < 4.78 is 0. The van der Waals surface area contributed by atoms with Crippen molar-refractivity contribution in [3.05, 3.63) is 22.2 Å². The molecule has 1 saturated carbocycles. The fourth-order valence-corrected chi connectivity index (χ4v) is 1.91. The summed E-state index contributed by atoms with van der Waals surface area (Å²) in [4.78, 5) is 8.44. The van der Waals surface area contributed by atoms with Gasteiger partial charge >= 0.3 is 0 Å². The Morgan fingerprint density at radius 1 is 1.23 bits per heavy atom. The van der Waals surface area contributed by atoms with Gasteiger partial charge in [0, 0.05) is 11.6 Å². The second-order valence-electron chi connectivity index (χ2n) is 3.72. The molecule has 0 bridgehead atoms. The van der Waals surface area contributed by atoms with Crippen LogP contribution in [-0.4, -0.2) is 9.97 Å². The van der Waals surface area contributed by atoms with Gasteiger partial charge in [-0.05, 0) is 43.9 Å². The summed E-state index contributed by atoms with van der Waals surface area (Å²) in [6, 6.07) is 0. The van der Waals surface area contributed by atoms with Crippen LogP contribution in [0.1, 0.15) is 42.1 Å². The molecule has 1 fully saturated rings. The van der Waals surface area contributed by atoms with Gasteiger partial charge in [0.25, 0.3) is 0 Å². The van der Waals surface area contributed by atoms with Crippen LogP contribution in [0, 0.1) is 13.8 Å². The minimum absolute atomic E-state index is 0.394. The first kappa shape index (κ1) is 8.95. The van der Waals surface area contributed by atoms with Gasteiger partial charge in [-0.2, -0.15) is 0 Å². The van der Waals surface area contributed by atoms with E-state index in [2.05, 4.69) is 16.9 Å². The Bertz CT molecular complexity index is 332. The van der Waals surface area contributed by atoms with Crippen molar-refractivity contribution in [2.45, 2.75) is 39.0 Å². The van der Waals surface area contributed by atoms with E-state index in [4.69, 9.17) is 11.6 Å². The molecule has 1 aromatic heterocycles. The predicted octanol–water partition coefficient (Wildman–Crippen LogP) is 3.01. The maximum Gasteiger partial charge on any atom is 0.222 e.